The van der Waals surface area contributed by atoms with E-state index in [1.807, 2.05) is 13.0 Å². The van der Waals surface area contributed by atoms with Crippen LogP contribution < -0.4 is 11.1 Å². The fraction of sp³-hybridized carbons (Fsp3) is 0.533. The van der Waals surface area contributed by atoms with Crippen LogP contribution in [0, 0.1) is 6.92 Å². The van der Waals surface area contributed by atoms with Gasteiger partial charge in [-0.1, -0.05) is 0 Å². The number of benzene rings is 1. The molecule has 0 spiro atoms. The zero-order chi connectivity index (χ0) is 14.7. The lowest BCUT2D eigenvalue weighted by atomic mass is 10.1. The molecule has 1 atom stereocenters. The van der Waals surface area contributed by atoms with Gasteiger partial charge in [-0.2, -0.15) is 0 Å². The molecule has 0 aliphatic carbocycles. The van der Waals surface area contributed by atoms with Crippen LogP contribution in [0.4, 0.5) is 5.69 Å². The van der Waals surface area contributed by atoms with Crippen molar-refractivity contribution in [1.29, 1.82) is 0 Å². The summed E-state index contributed by atoms with van der Waals surface area (Å²) in [6.07, 6.45) is 0. The number of amides is 1. The van der Waals surface area contributed by atoms with E-state index in [0.29, 0.717) is 18.2 Å². The number of hydrogen-bond acceptors (Lipinski definition) is 4. The van der Waals surface area contributed by atoms with Gasteiger partial charge in [0.2, 0.25) is 0 Å². The van der Waals surface area contributed by atoms with E-state index in [-0.39, 0.29) is 5.91 Å². The second-order valence-electron chi connectivity index (χ2n) is 5.68. The average molecular weight is 276 g/mol. The van der Waals surface area contributed by atoms with Gasteiger partial charge in [0, 0.05) is 43.5 Å². The topological polar surface area (TPSA) is 61.6 Å². The highest BCUT2D eigenvalue weighted by molar-refractivity contribution is 5.94. The van der Waals surface area contributed by atoms with E-state index in [1.165, 1.54) is 0 Å². The fourth-order valence-corrected chi connectivity index (χ4v) is 2.45. The largest absolute Gasteiger partial charge is 0.399 e. The van der Waals surface area contributed by atoms with Gasteiger partial charge >= 0.3 is 0 Å². The quantitative estimate of drug-likeness (QED) is 0.792. The minimum absolute atomic E-state index is 0.0327. The number of nitrogens with two attached hydrogens (primary N) is 1. The molecule has 1 heterocycles. The Morgan fingerprint density at radius 1 is 1.40 bits per heavy atom. The predicted molar refractivity (Wildman–Crippen MR) is 81.8 cm³/mol. The summed E-state index contributed by atoms with van der Waals surface area (Å²) in [5.41, 5.74) is 8.09. The van der Waals surface area contributed by atoms with Crippen LogP contribution in [0.15, 0.2) is 18.2 Å². The Hall–Kier alpha value is -1.59. The monoisotopic (exact) mass is 276 g/mol. The average Bonchev–Trinajstić information content (AvgIpc) is 2.42. The van der Waals surface area contributed by atoms with E-state index in [0.717, 1.165) is 30.9 Å². The van der Waals surface area contributed by atoms with Crippen LogP contribution in [-0.4, -0.2) is 62.0 Å². The van der Waals surface area contributed by atoms with Gasteiger partial charge in [0.25, 0.3) is 5.91 Å². The highest BCUT2D eigenvalue weighted by Gasteiger charge is 2.22. The van der Waals surface area contributed by atoms with Gasteiger partial charge in [-0.3, -0.25) is 9.69 Å². The highest BCUT2D eigenvalue weighted by Crippen LogP contribution is 2.12. The third-order valence-corrected chi connectivity index (χ3v) is 4.01. The number of piperazine rings is 1. The maximum absolute atomic E-state index is 12.2. The summed E-state index contributed by atoms with van der Waals surface area (Å²) in [6.45, 7) is 5.69. The van der Waals surface area contributed by atoms with Crippen LogP contribution in [0.1, 0.15) is 15.9 Å². The molecule has 1 aromatic carbocycles. The van der Waals surface area contributed by atoms with E-state index in [2.05, 4.69) is 29.2 Å². The summed E-state index contributed by atoms with van der Waals surface area (Å²) >= 11 is 0. The van der Waals surface area contributed by atoms with Gasteiger partial charge in [-0.25, -0.2) is 0 Å². The molecule has 1 unspecified atom stereocenters. The molecule has 0 saturated carbocycles. The minimum atomic E-state index is -0.0327. The summed E-state index contributed by atoms with van der Waals surface area (Å²) in [5, 5.41) is 3.02. The standard InChI is InChI=1S/C15H24N4O/c1-11-8-12(4-5-14(11)16)15(20)17-9-13-10-18(2)6-7-19(13)3/h4-5,8,13H,6-7,9-10,16H2,1-3H3,(H,17,20). The lowest BCUT2D eigenvalue weighted by Crippen LogP contribution is -2.54. The molecule has 1 aromatic rings. The lowest BCUT2D eigenvalue weighted by Gasteiger charge is -2.37. The first-order valence-corrected chi connectivity index (χ1v) is 7.00. The first kappa shape index (κ1) is 14.8. The summed E-state index contributed by atoms with van der Waals surface area (Å²) in [7, 11) is 4.22. The Kier molecular flexibility index (Phi) is 4.62. The first-order chi connectivity index (χ1) is 9.47. The fourth-order valence-electron chi connectivity index (χ4n) is 2.45. The maximum atomic E-state index is 12.2. The van der Waals surface area contributed by atoms with Gasteiger partial charge in [0.1, 0.15) is 0 Å². The molecule has 1 aliphatic heterocycles. The van der Waals surface area contributed by atoms with E-state index >= 15 is 0 Å². The number of carbonyl (C=O) groups is 1. The summed E-state index contributed by atoms with van der Waals surface area (Å²) in [5.74, 6) is -0.0327. The van der Waals surface area contributed by atoms with Crippen LogP contribution in [0.25, 0.3) is 0 Å². The molecule has 0 aromatic heterocycles. The SMILES string of the molecule is Cc1cc(C(=O)NCC2CN(C)CCN2C)ccc1N. The van der Waals surface area contributed by atoms with Crippen molar-refractivity contribution in [1.82, 2.24) is 15.1 Å². The molecule has 2 rings (SSSR count). The Balaban J connectivity index is 1.92. The number of aryl methyl sites for hydroxylation is 1. The summed E-state index contributed by atoms with van der Waals surface area (Å²) in [4.78, 5) is 16.8. The molecule has 1 amide bonds. The van der Waals surface area contributed by atoms with Crippen molar-refractivity contribution in [3.63, 3.8) is 0 Å². The zero-order valence-corrected chi connectivity index (χ0v) is 12.5. The van der Waals surface area contributed by atoms with Crippen molar-refractivity contribution in [3.8, 4) is 0 Å². The lowest BCUT2D eigenvalue weighted by molar-refractivity contribution is 0.0881. The molecule has 5 heteroatoms. The second-order valence-corrected chi connectivity index (χ2v) is 5.68. The van der Waals surface area contributed by atoms with E-state index in [4.69, 9.17) is 5.73 Å². The Morgan fingerprint density at radius 3 is 2.85 bits per heavy atom. The van der Waals surface area contributed by atoms with Crippen molar-refractivity contribution in [2.24, 2.45) is 0 Å². The molecule has 0 radical (unpaired) electrons. The minimum Gasteiger partial charge on any atom is -0.399 e. The second kappa shape index (κ2) is 6.24. The normalized spacial score (nSPS) is 20.9. The van der Waals surface area contributed by atoms with Gasteiger partial charge in [0.05, 0.1) is 0 Å². The molecule has 1 aliphatic rings. The van der Waals surface area contributed by atoms with Crippen molar-refractivity contribution >= 4 is 11.6 Å². The van der Waals surface area contributed by atoms with Crippen LogP contribution >= 0.6 is 0 Å². The molecule has 20 heavy (non-hydrogen) atoms. The van der Waals surface area contributed by atoms with Crippen molar-refractivity contribution < 1.29 is 4.79 Å². The van der Waals surface area contributed by atoms with Crippen molar-refractivity contribution in [2.75, 3.05) is 46.0 Å². The molecule has 1 saturated heterocycles. The Morgan fingerprint density at radius 2 is 2.15 bits per heavy atom. The molecule has 3 N–H and O–H groups in total. The van der Waals surface area contributed by atoms with Crippen LogP contribution in [0.2, 0.25) is 0 Å². The molecular weight excluding hydrogens is 252 g/mol. The zero-order valence-electron chi connectivity index (χ0n) is 12.5. The van der Waals surface area contributed by atoms with Gasteiger partial charge in [-0.15, -0.1) is 0 Å². The molecule has 1 fully saturated rings. The number of anilines is 1. The highest BCUT2D eigenvalue weighted by atomic mass is 16.1. The smallest absolute Gasteiger partial charge is 0.251 e. The van der Waals surface area contributed by atoms with Crippen molar-refractivity contribution in [2.45, 2.75) is 13.0 Å². The molecule has 110 valence electrons. The third kappa shape index (κ3) is 3.49. The van der Waals surface area contributed by atoms with Crippen LogP contribution in [-0.2, 0) is 0 Å². The van der Waals surface area contributed by atoms with E-state index < -0.39 is 0 Å². The predicted octanol–water partition coefficient (Wildman–Crippen LogP) is 0.553. The van der Waals surface area contributed by atoms with Gasteiger partial charge in [0.15, 0.2) is 0 Å². The Labute approximate surface area is 120 Å². The number of nitrogens with one attached hydrogen (secondary N) is 1. The number of likely N-dealkylation sites (N-methyl/N-ethyl adjacent to an activating group) is 2. The number of rotatable bonds is 3. The molecule has 0 bridgehead atoms. The maximum Gasteiger partial charge on any atom is 0.251 e. The number of hydrogen-bond donors (Lipinski definition) is 2. The Bertz CT molecular complexity index is 489. The molecular formula is C15H24N4O. The van der Waals surface area contributed by atoms with E-state index in [9.17, 15) is 4.79 Å². The van der Waals surface area contributed by atoms with Crippen LogP contribution in [0.3, 0.4) is 0 Å². The van der Waals surface area contributed by atoms with Crippen LogP contribution in [0.5, 0.6) is 0 Å². The van der Waals surface area contributed by atoms with Crippen molar-refractivity contribution in [3.05, 3.63) is 29.3 Å². The van der Waals surface area contributed by atoms with Gasteiger partial charge < -0.3 is 16.0 Å². The number of nitrogen functional groups attached to an aromatic ring is 1. The summed E-state index contributed by atoms with van der Waals surface area (Å²) < 4.78 is 0. The molecule has 5 nitrogen and oxygen atoms in total. The van der Waals surface area contributed by atoms with E-state index in [1.54, 1.807) is 12.1 Å². The first-order valence-electron chi connectivity index (χ1n) is 7.00. The van der Waals surface area contributed by atoms with Gasteiger partial charge in [-0.05, 0) is 44.8 Å². The third-order valence-electron chi connectivity index (χ3n) is 4.01. The number of carbonyl (C=O) groups excluding carboxylic acids is 1. The number of nitrogens with zero attached hydrogens (tertiary/aromatic N) is 2. The summed E-state index contributed by atoms with van der Waals surface area (Å²) in [6, 6.07) is 5.76.